The van der Waals surface area contributed by atoms with Crippen molar-refractivity contribution in [2.45, 2.75) is 6.42 Å². The molecule has 2 rings (SSSR count). The van der Waals surface area contributed by atoms with Crippen molar-refractivity contribution in [1.29, 1.82) is 0 Å². The molecule has 84 valence electrons. The van der Waals surface area contributed by atoms with Crippen LogP contribution in [0.5, 0.6) is 0 Å². The second-order valence-corrected chi connectivity index (χ2v) is 4.42. The minimum absolute atomic E-state index is 0.0238. The molecule has 4 nitrogen and oxygen atoms in total. The molecule has 0 bridgehead atoms. The van der Waals surface area contributed by atoms with Gasteiger partial charge in [-0.2, -0.15) is 0 Å². The first-order valence-corrected chi connectivity index (χ1v) is 5.56. The van der Waals surface area contributed by atoms with Gasteiger partial charge in [-0.05, 0) is 23.8 Å². The Balaban J connectivity index is 2.29. The number of esters is 1. The van der Waals surface area contributed by atoms with Crippen molar-refractivity contribution in [1.82, 2.24) is 0 Å². The monoisotopic (exact) mass is 283 g/mol. The molecule has 1 amide bonds. The number of rotatable bonds is 2. The molecule has 5 heteroatoms. The lowest BCUT2D eigenvalue weighted by Gasteiger charge is -2.15. The largest absolute Gasteiger partial charge is 0.468 e. The van der Waals surface area contributed by atoms with Gasteiger partial charge in [0.1, 0.15) is 6.54 Å². The highest BCUT2D eigenvalue weighted by Crippen LogP contribution is 2.30. The van der Waals surface area contributed by atoms with Crippen LogP contribution in [0, 0.1) is 0 Å². The van der Waals surface area contributed by atoms with Crippen LogP contribution in [-0.4, -0.2) is 25.5 Å². The van der Waals surface area contributed by atoms with Gasteiger partial charge in [0.2, 0.25) is 5.91 Å². The fourth-order valence-corrected chi connectivity index (χ4v) is 2.13. The molecule has 0 unspecified atom stereocenters. The maximum atomic E-state index is 11.7. The number of halogens is 1. The van der Waals surface area contributed by atoms with Crippen LogP contribution in [0.15, 0.2) is 22.7 Å². The van der Waals surface area contributed by atoms with Crippen molar-refractivity contribution in [2.24, 2.45) is 0 Å². The molecule has 0 saturated carbocycles. The van der Waals surface area contributed by atoms with Crippen LogP contribution in [0.1, 0.15) is 5.56 Å². The minimum atomic E-state index is -0.413. The number of benzene rings is 1. The number of hydrogen-bond acceptors (Lipinski definition) is 3. The quantitative estimate of drug-likeness (QED) is 0.773. The summed E-state index contributed by atoms with van der Waals surface area (Å²) in [4.78, 5) is 24.3. The Morgan fingerprint density at radius 3 is 3.00 bits per heavy atom. The van der Waals surface area contributed by atoms with Crippen molar-refractivity contribution in [3.63, 3.8) is 0 Å². The fourth-order valence-electron chi connectivity index (χ4n) is 1.72. The van der Waals surface area contributed by atoms with E-state index in [0.717, 1.165) is 15.7 Å². The van der Waals surface area contributed by atoms with Crippen molar-refractivity contribution >= 4 is 33.5 Å². The van der Waals surface area contributed by atoms with Crippen LogP contribution >= 0.6 is 15.9 Å². The van der Waals surface area contributed by atoms with Gasteiger partial charge in [0.05, 0.1) is 13.5 Å². The topological polar surface area (TPSA) is 46.6 Å². The summed E-state index contributed by atoms with van der Waals surface area (Å²) in [6.45, 7) is -0.0238. The highest BCUT2D eigenvalue weighted by Gasteiger charge is 2.28. The number of fused-ring (bicyclic) bond motifs is 1. The number of anilines is 1. The zero-order chi connectivity index (χ0) is 11.7. The Morgan fingerprint density at radius 1 is 1.56 bits per heavy atom. The molecular formula is C11H10BrNO3. The van der Waals surface area contributed by atoms with Crippen molar-refractivity contribution < 1.29 is 14.3 Å². The van der Waals surface area contributed by atoms with E-state index in [2.05, 4.69) is 20.7 Å². The standard InChI is InChI=1S/C11H10BrNO3/c1-16-11(15)6-13-9-3-2-8(12)4-7(9)5-10(13)14/h2-4H,5-6H2,1H3. The fraction of sp³-hybridized carbons (Fsp3) is 0.273. The van der Waals surface area contributed by atoms with E-state index >= 15 is 0 Å². The van der Waals surface area contributed by atoms with Crippen LogP contribution in [-0.2, 0) is 20.7 Å². The van der Waals surface area contributed by atoms with Gasteiger partial charge in [0, 0.05) is 10.2 Å². The van der Waals surface area contributed by atoms with Gasteiger partial charge in [0.15, 0.2) is 0 Å². The third-order valence-corrected chi connectivity index (χ3v) is 2.98. The number of nitrogens with zero attached hydrogens (tertiary/aromatic N) is 1. The lowest BCUT2D eigenvalue weighted by molar-refractivity contribution is -0.139. The summed E-state index contributed by atoms with van der Waals surface area (Å²) in [7, 11) is 1.31. The number of carbonyl (C=O) groups is 2. The van der Waals surface area contributed by atoms with E-state index < -0.39 is 5.97 Å². The summed E-state index contributed by atoms with van der Waals surface area (Å²) in [5.41, 5.74) is 1.72. The lowest BCUT2D eigenvalue weighted by atomic mass is 10.2. The van der Waals surface area contributed by atoms with Crippen molar-refractivity contribution in [2.75, 3.05) is 18.6 Å². The normalized spacial score (nSPS) is 13.9. The molecule has 1 aliphatic rings. The number of carbonyl (C=O) groups excluding carboxylic acids is 2. The second-order valence-electron chi connectivity index (χ2n) is 3.51. The van der Waals surface area contributed by atoms with E-state index in [1.165, 1.54) is 12.0 Å². The zero-order valence-electron chi connectivity index (χ0n) is 8.70. The van der Waals surface area contributed by atoms with E-state index in [0.29, 0.717) is 6.42 Å². The van der Waals surface area contributed by atoms with Crippen molar-refractivity contribution in [3.05, 3.63) is 28.2 Å². The first-order valence-electron chi connectivity index (χ1n) is 4.77. The van der Waals surface area contributed by atoms with Crippen LogP contribution in [0.2, 0.25) is 0 Å². The third kappa shape index (κ3) is 1.95. The average Bonchev–Trinajstić information content (AvgIpc) is 2.54. The van der Waals surface area contributed by atoms with Gasteiger partial charge in [-0.25, -0.2) is 0 Å². The summed E-state index contributed by atoms with van der Waals surface area (Å²) in [6.07, 6.45) is 0.339. The van der Waals surface area contributed by atoms with E-state index in [4.69, 9.17) is 0 Å². The molecule has 0 saturated heterocycles. The van der Waals surface area contributed by atoms with Gasteiger partial charge in [0.25, 0.3) is 0 Å². The minimum Gasteiger partial charge on any atom is -0.468 e. The zero-order valence-corrected chi connectivity index (χ0v) is 10.3. The first kappa shape index (κ1) is 11.1. The number of methoxy groups -OCH3 is 1. The Kier molecular flexibility index (Phi) is 2.96. The third-order valence-electron chi connectivity index (χ3n) is 2.49. The van der Waals surface area contributed by atoms with Gasteiger partial charge in [-0.1, -0.05) is 15.9 Å². The number of ether oxygens (including phenoxy) is 1. The van der Waals surface area contributed by atoms with E-state index in [9.17, 15) is 9.59 Å². The molecule has 0 spiro atoms. The smallest absolute Gasteiger partial charge is 0.325 e. The molecule has 1 aromatic carbocycles. The molecule has 1 heterocycles. The highest BCUT2D eigenvalue weighted by molar-refractivity contribution is 9.10. The Morgan fingerprint density at radius 2 is 2.31 bits per heavy atom. The Labute approximate surface area is 101 Å². The first-order chi connectivity index (χ1) is 7.61. The number of amides is 1. The molecule has 16 heavy (non-hydrogen) atoms. The summed E-state index contributed by atoms with van der Waals surface area (Å²) < 4.78 is 5.49. The van der Waals surface area contributed by atoms with Gasteiger partial charge in [-0.3, -0.25) is 9.59 Å². The summed E-state index contributed by atoms with van der Waals surface area (Å²) in [5.74, 6) is -0.484. The molecule has 0 aliphatic carbocycles. The van der Waals surface area contributed by atoms with Crippen LogP contribution < -0.4 is 4.90 Å². The SMILES string of the molecule is COC(=O)CN1C(=O)Cc2cc(Br)ccc21. The van der Waals surface area contributed by atoms with Gasteiger partial charge >= 0.3 is 5.97 Å². The highest BCUT2D eigenvalue weighted by atomic mass is 79.9. The number of hydrogen-bond donors (Lipinski definition) is 0. The molecule has 1 aliphatic heterocycles. The summed E-state index contributed by atoms with van der Waals surface area (Å²) >= 11 is 3.35. The molecule has 0 atom stereocenters. The molecule has 0 N–H and O–H groups in total. The van der Waals surface area contributed by atoms with Crippen molar-refractivity contribution in [3.8, 4) is 0 Å². The maximum absolute atomic E-state index is 11.7. The predicted molar refractivity (Wildman–Crippen MR) is 62.2 cm³/mol. The Bertz CT molecular complexity index is 459. The molecule has 0 aromatic heterocycles. The van der Waals surface area contributed by atoms with Gasteiger partial charge in [-0.15, -0.1) is 0 Å². The summed E-state index contributed by atoms with van der Waals surface area (Å²) in [6, 6.07) is 5.57. The molecule has 0 radical (unpaired) electrons. The second kappa shape index (κ2) is 4.25. The van der Waals surface area contributed by atoms with Gasteiger partial charge < -0.3 is 9.64 Å². The summed E-state index contributed by atoms with van der Waals surface area (Å²) in [5, 5.41) is 0. The van der Waals surface area contributed by atoms with E-state index in [-0.39, 0.29) is 12.5 Å². The molecular weight excluding hydrogens is 274 g/mol. The van der Waals surface area contributed by atoms with E-state index in [1.54, 1.807) is 0 Å². The lowest BCUT2D eigenvalue weighted by Crippen LogP contribution is -2.33. The molecule has 0 fully saturated rings. The maximum Gasteiger partial charge on any atom is 0.325 e. The molecule has 1 aromatic rings. The predicted octanol–water partition coefficient (Wildman–Crippen LogP) is 1.51. The van der Waals surface area contributed by atoms with E-state index in [1.807, 2.05) is 18.2 Å². The van der Waals surface area contributed by atoms with Crippen LogP contribution in [0.3, 0.4) is 0 Å². The average molecular weight is 284 g/mol. The van der Waals surface area contributed by atoms with Crippen LogP contribution in [0.4, 0.5) is 5.69 Å². The Hall–Kier alpha value is -1.36. The van der Waals surface area contributed by atoms with Crippen LogP contribution in [0.25, 0.3) is 0 Å².